The normalized spacial score (nSPS) is 16.0. The number of hydrogen-bond donors (Lipinski definition) is 4. The van der Waals surface area contributed by atoms with Gasteiger partial charge in [-0.1, -0.05) is 43.3 Å². The topological polar surface area (TPSA) is 87.4 Å². The lowest BCUT2D eigenvalue weighted by molar-refractivity contribution is -0.123. The summed E-state index contributed by atoms with van der Waals surface area (Å²) < 4.78 is 0. The molecule has 3 aromatic rings. The van der Waals surface area contributed by atoms with Crippen LogP contribution in [0.25, 0.3) is 11.1 Å². The van der Waals surface area contributed by atoms with Gasteiger partial charge in [0.1, 0.15) is 5.75 Å². The Kier molecular flexibility index (Phi) is 6.47. The van der Waals surface area contributed by atoms with Gasteiger partial charge in [0.25, 0.3) is 0 Å². The number of carbonyl (C=O) groups excluding carboxylic acids is 1. The van der Waals surface area contributed by atoms with E-state index in [0.29, 0.717) is 6.42 Å². The standard InChI is InChI=1S/C27H31N3O2/c1-3-18-14-21(31)13-17(2)22(18)16-24(28)27(32)30-26-11-12-29-25-10-9-20(15-23(25)26)19-7-5-4-6-8-19/h4-10,13-15,24,26,29,31H,3,11-12,16,28H2,1-2H3,(H,30,32)/t24-,26+/m0/s1. The summed E-state index contributed by atoms with van der Waals surface area (Å²) in [5.74, 6) is 0.101. The molecule has 1 heterocycles. The number of aryl methyl sites for hydroxylation is 2. The van der Waals surface area contributed by atoms with Crippen molar-refractivity contribution in [3.63, 3.8) is 0 Å². The molecule has 1 amide bonds. The molecule has 0 radical (unpaired) electrons. The van der Waals surface area contributed by atoms with Crippen LogP contribution in [0, 0.1) is 6.92 Å². The molecule has 3 aromatic carbocycles. The SMILES string of the molecule is CCc1cc(O)cc(C)c1C[C@H](N)C(=O)N[C@@H]1CCNc2ccc(-c3ccccc3)cc21. The zero-order chi connectivity index (χ0) is 22.7. The highest BCUT2D eigenvalue weighted by Gasteiger charge is 2.25. The van der Waals surface area contributed by atoms with E-state index in [1.807, 2.05) is 32.0 Å². The third-order valence-electron chi connectivity index (χ3n) is 6.29. The van der Waals surface area contributed by atoms with E-state index in [4.69, 9.17) is 5.73 Å². The van der Waals surface area contributed by atoms with Crippen LogP contribution in [0.15, 0.2) is 60.7 Å². The van der Waals surface area contributed by atoms with Gasteiger partial charge in [0, 0.05) is 12.2 Å². The van der Waals surface area contributed by atoms with Crippen LogP contribution in [0.2, 0.25) is 0 Å². The molecule has 32 heavy (non-hydrogen) atoms. The minimum absolute atomic E-state index is 0.0833. The van der Waals surface area contributed by atoms with Gasteiger partial charge in [0.2, 0.25) is 5.91 Å². The smallest absolute Gasteiger partial charge is 0.237 e. The molecular weight excluding hydrogens is 398 g/mol. The number of phenols is 1. The van der Waals surface area contributed by atoms with E-state index in [9.17, 15) is 9.90 Å². The van der Waals surface area contributed by atoms with E-state index >= 15 is 0 Å². The molecule has 166 valence electrons. The van der Waals surface area contributed by atoms with E-state index in [2.05, 4.69) is 41.0 Å². The van der Waals surface area contributed by atoms with Crippen molar-refractivity contribution < 1.29 is 9.90 Å². The summed E-state index contributed by atoms with van der Waals surface area (Å²) >= 11 is 0. The molecule has 1 aliphatic rings. The zero-order valence-corrected chi connectivity index (χ0v) is 18.7. The highest BCUT2D eigenvalue weighted by molar-refractivity contribution is 5.83. The molecule has 5 heteroatoms. The Morgan fingerprint density at radius 3 is 2.69 bits per heavy atom. The number of nitrogens with one attached hydrogen (secondary N) is 2. The lowest BCUT2D eigenvalue weighted by Gasteiger charge is -2.29. The van der Waals surface area contributed by atoms with Crippen molar-refractivity contribution in [2.75, 3.05) is 11.9 Å². The van der Waals surface area contributed by atoms with Gasteiger partial charge in [0.15, 0.2) is 0 Å². The van der Waals surface area contributed by atoms with Gasteiger partial charge in [-0.3, -0.25) is 4.79 Å². The summed E-state index contributed by atoms with van der Waals surface area (Å²) in [6.45, 7) is 4.79. The Morgan fingerprint density at radius 1 is 1.16 bits per heavy atom. The number of benzene rings is 3. The predicted octanol–water partition coefficient (Wildman–Crippen LogP) is 4.47. The van der Waals surface area contributed by atoms with Crippen molar-refractivity contribution in [2.45, 2.75) is 45.2 Å². The molecule has 0 aliphatic carbocycles. The first-order valence-corrected chi connectivity index (χ1v) is 11.3. The second-order valence-electron chi connectivity index (χ2n) is 8.51. The van der Waals surface area contributed by atoms with E-state index < -0.39 is 6.04 Å². The molecule has 5 nitrogen and oxygen atoms in total. The van der Waals surface area contributed by atoms with Crippen LogP contribution in [0.5, 0.6) is 5.75 Å². The first-order chi connectivity index (χ1) is 15.5. The van der Waals surface area contributed by atoms with Crippen molar-refractivity contribution in [1.29, 1.82) is 0 Å². The molecule has 0 unspecified atom stereocenters. The summed E-state index contributed by atoms with van der Waals surface area (Å²) in [5, 5.41) is 16.5. The zero-order valence-electron chi connectivity index (χ0n) is 18.7. The summed E-state index contributed by atoms with van der Waals surface area (Å²) in [5.41, 5.74) is 13.8. The van der Waals surface area contributed by atoms with Crippen molar-refractivity contribution in [1.82, 2.24) is 5.32 Å². The molecule has 0 spiro atoms. The predicted molar refractivity (Wildman–Crippen MR) is 130 cm³/mol. The van der Waals surface area contributed by atoms with Gasteiger partial charge in [-0.2, -0.15) is 0 Å². The number of anilines is 1. The number of aromatic hydroxyl groups is 1. The Labute approximate surface area is 189 Å². The van der Waals surface area contributed by atoms with Crippen molar-refractivity contribution in [3.05, 3.63) is 82.9 Å². The van der Waals surface area contributed by atoms with E-state index in [1.165, 1.54) is 0 Å². The van der Waals surface area contributed by atoms with Crippen molar-refractivity contribution in [3.8, 4) is 16.9 Å². The van der Waals surface area contributed by atoms with Gasteiger partial charge in [-0.25, -0.2) is 0 Å². The van der Waals surface area contributed by atoms with Gasteiger partial charge in [0.05, 0.1) is 12.1 Å². The number of phenolic OH excluding ortho intramolecular Hbond substituents is 1. The molecule has 0 saturated carbocycles. The summed E-state index contributed by atoms with van der Waals surface area (Å²) in [4.78, 5) is 13.1. The second kappa shape index (κ2) is 9.45. The van der Waals surface area contributed by atoms with Crippen LogP contribution in [-0.4, -0.2) is 23.6 Å². The maximum Gasteiger partial charge on any atom is 0.237 e. The molecule has 0 aromatic heterocycles. The third kappa shape index (κ3) is 4.63. The minimum Gasteiger partial charge on any atom is -0.508 e. The third-order valence-corrected chi connectivity index (χ3v) is 6.29. The fraction of sp³-hybridized carbons (Fsp3) is 0.296. The average Bonchev–Trinajstić information content (AvgIpc) is 2.81. The van der Waals surface area contributed by atoms with Crippen molar-refractivity contribution >= 4 is 11.6 Å². The number of carbonyl (C=O) groups is 1. The summed E-state index contributed by atoms with van der Waals surface area (Å²) in [6, 6.07) is 19.4. The molecular formula is C27H31N3O2. The second-order valence-corrected chi connectivity index (χ2v) is 8.51. The van der Waals surface area contributed by atoms with Crippen molar-refractivity contribution in [2.24, 2.45) is 5.73 Å². The molecule has 0 bridgehead atoms. The van der Waals surface area contributed by atoms with Gasteiger partial charge < -0.3 is 21.5 Å². The molecule has 5 N–H and O–H groups in total. The lowest BCUT2D eigenvalue weighted by Crippen LogP contribution is -2.44. The first-order valence-electron chi connectivity index (χ1n) is 11.3. The van der Waals surface area contributed by atoms with Crippen LogP contribution < -0.4 is 16.4 Å². The van der Waals surface area contributed by atoms with Gasteiger partial charge >= 0.3 is 0 Å². The highest BCUT2D eigenvalue weighted by atomic mass is 16.3. The quantitative estimate of drug-likeness (QED) is 0.465. The fourth-order valence-corrected chi connectivity index (χ4v) is 4.55. The van der Waals surface area contributed by atoms with Crippen LogP contribution in [0.3, 0.4) is 0 Å². The molecule has 2 atom stereocenters. The maximum absolute atomic E-state index is 13.1. The monoisotopic (exact) mass is 429 g/mol. The van der Waals surface area contributed by atoms with E-state index in [1.54, 1.807) is 12.1 Å². The largest absolute Gasteiger partial charge is 0.508 e. The highest BCUT2D eigenvalue weighted by Crippen LogP contribution is 2.34. The summed E-state index contributed by atoms with van der Waals surface area (Å²) in [6.07, 6.45) is 2.04. The average molecular weight is 430 g/mol. The van der Waals surface area contributed by atoms with Crippen LogP contribution in [-0.2, 0) is 17.6 Å². The number of fused-ring (bicyclic) bond motifs is 1. The van der Waals surface area contributed by atoms with Crippen LogP contribution in [0.4, 0.5) is 5.69 Å². The Balaban J connectivity index is 1.52. The van der Waals surface area contributed by atoms with E-state index in [-0.39, 0.29) is 17.7 Å². The minimum atomic E-state index is -0.654. The fourth-order valence-electron chi connectivity index (χ4n) is 4.55. The van der Waals surface area contributed by atoms with Gasteiger partial charge in [-0.15, -0.1) is 0 Å². The first kappa shape index (κ1) is 21.9. The Hall–Kier alpha value is -3.31. The number of nitrogens with two attached hydrogens (primary N) is 1. The van der Waals surface area contributed by atoms with Crippen LogP contribution in [0.1, 0.15) is 41.6 Å². The Bertz CT molecular complexity index is 1110. The molecule has 0 fully saturated rings. The Morgan fingerprint density at radius 2 is 1.94 bits per heavy atom. The summed E-state index contributed by atoms with van der Waals surface area (Å²) in [7, 11) is 0. The lowest BCUT2D eigenvalue weighted by atomic mass is 9.92. The molecule has 4 rings (SSSR count). The molecule has 1 aliphatic heterocycles. The molecule has 0 saturated heterocycles. The van der Waals surface area contributed by atoms with E-state index in [0.717, 1.165) is 58.5 Å². The van der Waals surface area contributed by atoms with Gasteiger partial charge in [-0.05, 0) is 83.8 Å². The maximum atomic E-state index is 13.1. The number of amides is 1. The number of hydrogen-bond acceptors (Lipinski definition) is 4. The number of rotatable bonds is 6. The van der Waals surface area contributed by atoms with Crippen LogP contribution >= 0.6 is 0 Å².